The van der Waals surface area contributed by atoms with Gasteiger partial charge in [0, 0.05) is 5.56 Å². The number of nitrogens with zero attached hydrogens (tertiary/aromatic N) is 1. The van der Waals surface area contributed by atoms with Crippen LogP contribution < -0.4 is 14.9 Å². The molecule has 0 aromatic heterocycles. The molecule has 3 rings (SSSR count). The number of fused-ring (bicyclic) bond motifs is 1. The van der Waals surface area contributed by atoms with E-state index in [1.54, 1.807) is 19.4 Å². The summed E-state index contributed by atoms with van der Waals surface area (Å²) in [6, 6.07) is 17.1. The van der Waals surface area contributed by atoms with Crippen molar-refractivity contribution < 1.29 is 14.3 Å². The molecule has 0 aliphatic rings. The van der Waals surface area contributed by atoms with Gasteiger partial charge in [0.15, 0.2) is 11.5 Å². The monoisotopic (exact) mass is 474 g/mol. The van der Waals surface area contributed by atoms with Gasteiger partial charge >= 0.3 is 0 Å². The topological polar surface area (TPSA) is 59.9 Å². The molecular weight excluding hydrogens is 455 g/mol. The zero-order valence-corrected chi connectivity index (χ0v) is 17.2. The Kier molecular flexibility index (Phi) is 6.28. The van der Waals surface area contributed by atoms with E-state index in [0.29, 0.717) is 23.7 Å². The fourth-order valence-electron chi connectivity index (χ4n) is 2.75. The average molecular weight is 474 g/mol. The van der Waals surface area contributed by atoms with E-state index in [0.717, 1.165) is 19.9 Å². The van der Waals surface area contributed by atoms with Gasteiger partial charge in [0.2, 0.25) is 0 Å². The molecular formula is C21H19IN2O3. The van der Waals surface area contributed by atoms with Crippen molar-refractivity contribution in [2.24, 2.45) is 5.10 Å². The second-order valence-corrected chi connectivity index (χ2v) is 6.86. The van der Waals surface area contributed by atoms with Crippen molar-refractivity contribution in [2.75, 3.05) is 13.7 Å². The third kappa shape index (κ3) is 4.39. The average Bonchev–Trinajstić information content (AvgIpc) is 2.69. The van der Waals surface area contributed by atoms with Crippen LogP contribution in [0.25, 0.3) is 10.8 Å². The second kappa shape index (κ2) is 8.85. The van der Waals surface area contributed by atoms with Crippen molar-refractivity contribution >= 4 is 45.5 Å². The van der Waals surface area contributed by atoms with Crippen LogP contribution in [-0.4, -0.2) is 25.8 Å². The Balaban J connectivity index is 1.79. The molecule has 0 atom stereocenters. The Labute approximate surface area is 171 Å². The van der Waals surface area contributed by atoms with Crippen LogP contribution in [0.15, 0.2) is 59.7 Å². The zero-order chi connectivity index (χ0) is 19.2. The molecule has 6 heteroatoms. The first-order valence-corrected chi connectivity index (χ1v) is 9.53. The van der Waals surface area contributed by atoms with Gasteiger partial charge in [-0.05, 0) is 64.0 Å². The predicted molar refractivity (Wildman–Crippen MR) is 116 cm³/mol. The number of carbonyl (C=O) groups excluding carboxylic acids is 1. The zero-order valence-electron chi connectivity index (χ0n) is 15.0. The Bertz CT molecular complexity index is 997. The number of benzene rings is 3. The molecule has 0 heterocycles. The van der Waals surface area contributed by atoms with Crippen LogP contribution in [0.5, 0.6) is 11.5 Å². The number of methoxy groups -OCH3 is 1. The van der Waals surface area contributed by atoms with Crippen LogP contribution in [0.4, 0.5) is 0 Å². The van der Waals surface area contributed by atoms with Crippen molar-refractivity contribution in [1.29, 1.82) is 0 Å². The molecule has 0 saturated carbocycles. The molecule has 0 radical (unpaired) electrons. The largest absolute Gasteiger partial charge is 0.493 e. The fraction of sp³-hybridized carbons (Fsp3) is 0.143. The van der Waals surface area contributed by atoms with E-state index in [1.165, 1.54) is 0 Å². The molecule has 0 aliphatic carbocycles. The van der Waals surface area contributed by atoms with Gasteiger partial charge in [0.05, 0.1) is 23.5 Å². The first-order chi connectivity index (χ1) is 13.1. The number of ether oxygens (including phenoxy) is 2. The van der Waals surface area contributed by atoms with Gasteiger partial charge < -0.3 is 9.47 Å². The second-order valence-electron chi connectivity index (χ2n) is 5.69. The van der Waals surface area contributed by atoms with Crippen LogP contribution in [0.3, 0.4) is 0 Å². The number of carbonyl (C=O) groups is 1. The van der Waals surface area contributed by atoms with Crippen LogP contribution in [-0.2, 0) is 0 Å². The lowest BCUT2D eigenvalue weighted by atomic mass is 10.0. The minimum Gasteiger partial charge on any atom is -0.493 e. The summed E-state index contributed by atoms with van der Waals surface area (Å²) >= 11 is 2.19. The predicted octanol–water partition coefficient (Wildman–Crippen LogP) is 4.62. The smallest absolute Gasteiger partial charge is 0.271 e. The van der Waals surface area contributed by atoms with Gasteiger partial charge in [-0.2, -0.15) is 5.10 Å². The Morgan fingerprint density at radius 2 is 1.96 bits per heavy atom. The molecule has 1 amide bonds. The minimum absolute atomic E-state index is 0.254. The van der Waals surface area contributed by atoms with Gasteiger partial charge in [-0.3, -0.25) is 4.79 Å². The first kappa shape index (κ1) is 19.2. The highest BCUT2D eigenvalue weighted by Crippen LogP contribution is 2.33. The molecule has 27 heavy (non-hydrogen) atoms. The maximum atomic E-state index is 12.5. The van der Waals surface area contributed by atoms with Crippen LogP contribution in [0.2, 0.25) is 0 Å². The maximum Gasteiger partial charge on any atom is 0.271 e. The summed E-state index contributed by atoms with van der Waals surface area (Å²) in [5.74, 6) is 1.08. The lowest BCUT2D eigenvalue weighted by Crippen LogP contribution is -2.17. The highest BCUT2D eigenvalue weighted by molar-refractivity contribution is 14.1. The number of hydrogen-bond acceptors (Lipinski definition) is 4. The Hall–Kier alpha value is -2.61. The summed E-state index contributed by atoms with van der Waals surface area (Å²) < 4.78 is 11.9. The summed E-state index contributed by atoms with van der Waals surface area (Å²) in [5, 5.41) is 6.00. The van der Waals surface area contributed by atoms with E-state index in [-0.39, 0.29) is 5.91 Å². The molecule has 3 aromatic carbocycles. The van der Waals surface area contributed by atoms with Crippen molar-refractivity contribution in [2.45, 2.75) is 6.92 Å². The fourth-order valence-corrected chi connectivity index (χ4v) is 3.53. The number of amides is 1. The quantitative estimate of drug-likeness (QED) is 0.323. The molecule has 0 fully saturated rings. The van der Waals surface area contributed by atoms with Gasteiger partial charge in [-0.15, -0.1) is 0 Å². The molecule has 0 saturated heterocycles. The summed E-state index contributed by atoms with van der Waals surface area (Å²) in [5.41, 5.74) is 3.98. The number of hydrazone groups is 1. The molecule has 3 aromatic rings. The molecule has 5 nitrogen and oxygen atoms in total. The Morgan fingerprint density at radius 1 is 1.19 bits per heavy atom. The first-order valence-electron chi connectivity index (χ1n) is 8.45. The number of halogens is 1. The van der Waals surface area contributed by atoms with E-state index in [4.69, 9.17) is 9.47 Å². The number of hydrogen-bond donors (Lipinski definition) is 1. The summed E-state index contributed by atoms with van der Waals surface area (Å²) in [6.45, 7) is 2.48. The molecule has 0 aliphatic heterocycles. The minimum atomic E-state index is -0.254. The van der Waals surface area contributed by atoms with Crippen LogP contribution >= 0.6 is 22.6 Å². The highest BCUT2D eigenvalue weighted by atomic mass is 127. The van der Waals surface area contributed by atoms with E-state index in [2.05, 4.69) is 33.1 Å². The maximum absolute atomic E-state index is 12.5. The SMILES string of the molecule is CCOc1c(I)cc(/C=N\NC(=O)c2cccc3ccccc23)cc1OC. The third-order valence-corrected chi connectivity index (χ3v) is 4.76. The van der Waals surface area contributed by atoms with E-state index in [1.807, 2.05) is 55.5 Å². The van der Waals surface area contributed by atoms with E-state index >= 15 is 0 Å². The standard InChI is InChI=1S/C21H19IN2O3/c1-3-27-20-18(22)11-14(12-19(20)26-2)13-23-24-21(25)17-10-6-8-15-7-4-5-9-16(15)17/h4-13H,3H2,1-2H3,(H,24,25)/b23-13-. The molecule has 0 spiro atoms. The van der Waals surface area contributed by atoms with Crippen molar-refractivity contribution in [3.8, 4) is 11.5 Å². The summed E-state index contributed by atoms with van der Waals surface area (Å²) in [4.78, 5) is 12.5. The summed E-state index contributed by atoms with van der Waals surface area (Å²) in [7, 11) is 1.59. The lowest BCUT2D eigenvalue weighted by Gasteiger charge is -2.12. The highest BCUT2D eigenvalue weighted by Gasteiger charge is 2.11. The van der Waals surface area contributed by atoms with Gasteiger partial charge in [0.25, 0.3) is 5.91 Å². The molecule has 138 valence electrons. The lowest BCUT2D eigenvalue weighted by molar-refractivity contribution is 0.0957. The third-order valence-electron chi connectivity index (χ3n) is 3.95. The van der Waals surface area contributed by atoms with E-state index in [9.17, 15) is 4.79 Å². The van der Waals surface area contributed by atoms with Gasteiger partial charge in [-0.1, -0.05) is 36.4 Å². The normalized spacial score (nSPS) is 10.9. The number of rotatable bonds is 6. The van der Waals surface area contributed by atoms with Crippen LogP contribution in [0.1, 0.15) is 22.8 Å². The molecule has 0 bridgehead atoms. The molecule has 0 unspecified atom stereocenters. The summed E-state index contributed by atoms with van der Waals surface area (Å²) in [6.07, 6.45) is 1.59. The number of nitrogens with one attached hydrogen (secondary N) is 1. The van der Waals surface area contributed by atoms with Crippen molar-refractivity contribution in [3.05, 3.63) is 69.3 Å². The van der Waals surface area contributed by atoms with Gasteiger partial charge in [-0.25, -0.2) is 5.43 Å². The van der Waals surface area contributed by atoms with Gasteiger partial charge in [0.1, 0.15) is 0 Å². The van der Waals surface area contributed by atoms with Crippen molar-refractivity contribution in [3.63, 3.8) is 0 Å². The van der Waals surface area contributed by atoms with Crippen molar-refractivity contribution in [1.82, 2.24) is 5.43 Å². The van der Waals surface area contributed by atoms with Crippen LogP contribution in [0, 0.1) is 3.57 Å². The van der Waals surface area contributed by atoms with E-state index < -0.39 is 0 Å². The molecule has 1 N–H and O–H groups in total. The Morgan fingerprint density at radius 3 is 2.74 bits per heavy atom.